The minimum Gasteiger partial charge on any atom is -0.508 e. The van der Waals surface area contributed by atoms with Crippen LogP contribution in [0.5, 0.6) is 11.5 Å². The third-order valence-corrected chi connectivity index (χ3v) is 8.57. The van der Waals surface area contributed by atoms with Crippen LogP contribution in [0.2, 0.25) is 0 Å². The Labute approximate surface area is 225 Å². The van der Waals surface area contributed by atoms with Crippen LogP contribution in [0.1, 0.15) is 42.1 Å². The van der Waals surface area contributed by atoms with Gasteiger partial charge < -0.3 is 15.2 Å². The van der Waals surface area contributed by atoms with Crippen molar-refractivity contribution in [3.8, 4) is 22.6 Å². The van der Waals surface area contributed by atoms with Crippen molar-refractivity contribution in [2.45, 2.75) is 41.9 Å². The molecule has 7 heteroatoms. The summed E-state index contributed by atoms with van der Waals surface area (Å²) in [6, 6.07) is 19.9. The van der Waals surface area contributed by atoms with Gasteiger partial charge >= 0.3 is 0 Å². The van der Waals surface area contributed by atoms with Crippen molar-refractivity contribution in [3.05, 3.63) is 89.5 Å². The number of hydrogen-bond acceptors (Lipinski definition) is 4. The van der Waals surface area contributed by atoms with E-state index in [1.54, 1.807) is 12.1 Å². The highest BCUT2D eigenvalue weighted by molar-refractivity contribution is 8.00. The Bertz CT molecular complexity index is 1420. The maximum atomic E-state index is 14.9. The van der Waals surface area contributed by atoms with Crippen molar-refractivity contribution < 1.29 is 18.6 Å². The topological polar surface area (TPSA) is 41.5 Å². The van der Waals surface area contributed by atoms with Gasteiger partial charge in [-0.3, -0.25) is 0 Å². The molecule has 4 aromatic carbocycles. The van der Waals surface area contributed by atoms with Crippen LogP contribution in [0.3, 0.4) is 0 Å². The van der Waals surface area contributed by atoms with E-state index in [4.69, 9.17) is 4.74 Å². The number of benzene rings is 4. The smallest absolute Gasteiger partial charge is 0.140 e. The van der Waals surface area contributed by atoms with Crippen molar-refractivity contribution in [1.82, 2.24) is 5.32 Å². The lowest BCUT2D eigenvalue weighted by Gasteiger charge is -2.29. The second-order valence-electron chi connectivity index (χ2n) is 9.55. The molecule has 1 saturated heterocycles. The van der Waals surface area contributed by atoms with Crippen LogP contribution in [0.4, 0.5) is 8.78 Å². The number of nitrogens with one attached hydrogen (secondary N) is 1. The van der Waals surface area contributed by atoms with Crippen molar-refractivity contribution in [3.63, 3.8) is 0 Å². The average Bonchev–Trinajstić information content (AvgIpc) is 2.89. The SMILES string of the molecule is Cl.Oc1ccc2c3c(ccc2c1)-c1cc(F)cc(F)c1SC3c1ccc(OCCC2CCCCN2)cc1. The fraction of sp³-hybridized carbons (Fsp3) is 0.267. The molecular weight excluding hydrogens is 512 g/mol. The molecule has 0 aliphatic carbocycles. The van der Waals surface area contributed by atoms with Gasteiger partial charge in [0, 0.05) is 17.7 Å². The van der Waals surface area contributed by atoms with Gasteiger partial charge in [0.15, 0.2) is 0 Å². The zero-order valence-corrected chi connectivity index (χ0v) is 21.8. The van der Waals surface area contributed by atoms with Gasteiger partial charge in [0.25, 0.3) is 0 Å². The van der Waals surface area contributed by atoms with E-state index < -0.39 is 11.6 Å². The molecule has 0 bridgehead atoms. The zero-order chi connectivity index (χ0) is 24.6. The quantitative estimate of drug-likeness (QED) is 0.269. The van der Waals surface area contributed by atoms with Gasteiger partial charge in [-0.2, -0.15) is 0 Å². The van der Waals surface area contributed by atoms with Crippen LogP contribution >= 0.6 is 24.2 Å². The van der Waals surface area contributed by atoms with Crippen LogP contribution in [-0.4, -0.2) is 24.3 Å². The molecule has 2 N–H and O–H groups in total. The summed E-state index contributed by atoms with van der Waals surface area (Å²) in [5.41, 5.74) is 3.38. The zero-order valence-electron chi connectivity index (χ0n) is 20.2. The maximum Gasteiger partial charge on any atom is 0.140 e. The van der Waals surface area contributed by atoms with E-state index in [9.17, 15) is 13.9 Å². The van der Waals surface area contributed by atoms with E-state index in [1.807, 2.05) is 42.5 Å². The predicted molar refractivity (Wildman–Crippen MR) is 148 cm³/mol. The first-order valence-corrected chi connectivity index (χ1v) is 13.3. The summed E-state index contributed by atoms with van der Waals surface area (Å²) < 4.78 is 35.1. The molecule has 0 amide bonds. The molecule has 0 aromatic heterocycles. The van der Waals surface area contributed by atoms with E-state index in [1.165, 1.54) is 37.1 Å². The molecule has 2 unspecified atom stereocenters. The van der Waals surface area contributed by atoms with Gasteiger partial charge in [0.2, 0.25) is 0 Å². The van der Waals surface area contributed by atoms with Gasteiger partial charge in [0.05, 0.1) is 16.8 Å². The normalized spacial score (nSPS) is 18.5. The summed E-state index contributed by atoms with van der Waals surface area (Å²) >= 11 is 1.40. The van der Waals surface area contributed by atoms with E-state index in [-0.39, 0.29) is 23.4 Å². The van der Waals surface area contributed by atoms with Gasteiger partial charge in [-0.15, -0.1) is 24.2 Å². The highest BCUT2D eigenvalue weighted by Crippen LogP contribution is 2.55. The highest BCUT2D eigenvalue weighted by atomic mass is 35.5. The molecule has 0 radical (unpaired) electrons. The second-order valence-corrected chi connectivity index (χ2v) is 10.7. The number of hydrogen-bond donors (Lipinski definition) is 2. The number of halogens is 3. The van der Waals surface area contributed by atoms with Crippen molar-refractivity contribution >= 4 is 34.9 Å². The third kappa shape index (κ3) is 5.15. The summed E-state index contributed by atoms with van der Waals surface area (Å²) in [7, 11) is 0. The summed E-state index contributed by atoms with van der Waals surface area (Å²) in [5.74, 6) is -0.142. The fourth-order valence-corrected chi connectivity index (χ4v) is 6.75. The van der Waals surface area contributed by atoms with Crippen molar-refractivity contribution in [1.29, 1.82) is 0 Å². The van der Waals surface area contributed by atoms with Gasteiger partial charge in [-0.05, 0) is 83.6 Å². The van der Waals surface area contributed by atoms with E-state index in [0.717, 1.165) is 52.2 Å². The molecule has 0 spiro atoms. The Kier molecular flexibility index (Phi) is 7.61. The predicted octanol–water partition coefficient (Wildman–Crippen LogP) is 8.02. The summed E-state index contributed by atoms with van der Waals surface area (Å²) in [6.07, 6.45) is 4.71. The van der Waals surface area contributed by atoms with Crippen LogP contribution in [0.15, 0.2) is 71.6 Å². The standard InChI is InChI=1S/C30H27F2NO2S.ClH/c31-20-16-26-25-10-6-19-15-22(34)7-11-24(19)28(25)29(36-30(26)27(32)17-20)18-4-8-23(9-5-18)35-14-12-21-3-1-2-13-33-21;/h4-11,15-17,21,29,33-34H,1-3,12-14H2;1H. The summed E-state index contributed by atoms with van der Waals surface area (Å²) in [5, 5.41) is 15.2. The van der Waals surface area contributed by atoms with Crippen LogP contribution in [0, 0.1) is 11.6 Å². The molecule has 4 aromatic rings. The Morgan fingerprint density at radius 3 is 2.57 bits per heavy atom. The first kappa shape index (κ1) is 25.8. The fourth-order valence-electron chi connectivity index (χ4n) is 5.38. The van der Waals surface area contributed by atoms with E-state index >= 15 is 0 Å². The largest absolute Gasteiger partial charge is 0.508 e. The first-order chi connectivity index (χ1) is 17.6. The molecule has 3 nitrogen and oxygen atoms in total. The first-order valence-electron chi connectivity index (χ1n) is 12.4. The molecule has 37 heavy (non-hydrogen) atoms. The highest BCUT2D eigenvalue weighted by Gasteiger charge is 2.31. The Balaban J connectivity index is 0.00000280. The minimum atomic E-state index is -0.591. The lowest BCUT2D eigenvalue weighted by molar-refractivity contribution is 0.268. The summed E-state index contributed by atoms with van der Waals surface area (Å²) in [4.78, 5) is 0.451. The molecule has 1 fully saturated rings. The molecule has 0 saturated carbocycles. The molecule has 2 aliphatic heterocycles. The molecule has 6 rings (SSSR count). The number of piperidine rings is 1. The number of thioether (sulfide) groups is 1. The van der Waals surface area contributed by atoms with Crippen LogP contribution < -0.4 is 10.1 Å². The van der Waals surface area contributed by atoms with E-state index in [0.29, 0.717) is 23.1 Å². The number of ether oxygens (including phenoxy) is 1. The lowest BCUT2D eigenvalue weighted by Crippen LogP contribution is -2.35. The second kappa shape index (κ2) is 10.9. The Morgan fingerprint density at radius 1 is 0.946 bits per heavy atom. The number of phenolic OH excluding ortho intramolecular Hbond substituents is 1. The molecule has 2 aliphatic rings. The van der Waals surface area contributed by atoms with Gasteiger partial charge in [0.1, 0.15) is 23.1 Å². The number of phenols is 1. The average molecular weight is 540 g/mol. The van der Waals surface area contributed by atoms with E-state index in [2.05, 4.69) is 5.32 Å². The molecule has 2 heterocycles. The molecular formula is C30H28ClF2NO2S. The van der Waals surface area contributed by atoms with Crippen molar-refractivity contribution in [2.24, 2.45) is 0 Å². The third-order valence-electron chi connectivity index (χ3n) is 7.17. The van der Waals surface area contributed by atoms with Crippen LogP contribution in [-0.2, 0) is 0 Å². The monoisotopic (exact) mass is 539 g/mol. The Morgan fingerprint density at radius 2 is 1.78 bits per heavy atom. The number of fused-ring (bicyclic) bond motifs is 5. The number of rotatable bonds is 5. The Hall–Kier alpha value is -2.80. The van der Waals surface area contributed by atoms with Gasteiger partial charge in [-0.25, -0.2) is 8.78 Å². The molecule has 2 atom stereocenters. The number of aromatic hydroxyl groups is 1. The van der Waals surface area contributed by atoms with Crippen LogP contribution in [0.25, 0.3) is 21.9 Å². The summed E-state index contributed by atoms with van der Waals surface area (Å²) in [6.45, 7) is 1.75. The minimum absolute atomic E-state index is 0. The van der Waals surface area contributed by atoms with Gasteiger partial charge in [-0.1, -0.05) is 36.8 Å². The van der Waals surface area contributed by atoms with Crippen molar-refractivity contribution in [2.75, 3.05) is 13.2 Å². The maximum absolute atomic E-state index is 14.9. The molecule has 192 valence electrons. The lowest BCUT2D eigenvalue weighted by atomic mass is 9.89.